The average molecular weight is 339 g/mol. The van der Waals surface area contributed by atoms with Crippen LogP contribution in [0.3, 0.4) is 0 Å². The first-order valence-electron chi connectivity index (χ1n) is 6.62. The number of nitroso groups, excluding NO2 is 1. The molecule has 11 heteroatoms. The molecule has 0 aliphatic carbocycles. The third-order valence-electron chi connectivity index (χ3n) is 3.24. The number of carboxylic acid groups (broad SMARTS) is 1. The summed E-state index contributed by atoms with van der Waals surface area (Å²) in [5.74, 6) is -5.82. The first kappa shape index (κ1) is 20.6. The van der Waals surface area contributed by atoms with E-state index in [-0.39, 0.29) is 6.54 Å². The van der Waals surface area contributed by atoms with Crippen molar-refractivity contribution in [2.45, 2.75) is 26.1 Å². The topological polar surface area (TPSA) is 157 Å². The van der Waals surface area contributed by atoms with Crippen molar-refractivity contribution in [1.82, 2.24) is 10.3 Å². The highest BCUT2D eigenvalue weighted by atomic mass is 31.2. The van der Waals surface area contributed by atoms with E-state index < -0.39 is 43.6 Å². The molecule has 0 saturated heterocycles. The van der Waals surface area contributed by atoms with E-state index in [0.717, 1.165) is 6.66 Å². The molecule has 0 bridgehead atoms. The smallest absolute Gasteiger partial charge is 0.316 e. The standard InChI is InChI=1S/C11H22N3O7P/c1-4-7(2)9(11(17)18)10(16)14(13-19)6-12-5-8(15)22(3,20)21/h7-9,12,15H,4-6H2,1-3H3,(H,17,18)(H,20,21). The van der Waals surface area contributed by atoms with Gasteiger partial charge in [0.2, 0.25) is 7.37 Å². The van der Waals surface area contributed by atoms with Crippen LogP contribution in [0.1, 0.15) is 20.3 Å². The maximum atomic E-state index is 12.0. The van der Waals surface area contributed by atoms with E-state index in [2.05, 4.69) is 10.6 Å². The number of aliphatic hydroxyl groups is 1. The van der Waals surface area contributed by atoms with E-state index >= 15 is 0 Å². The van der Waals surface area contributed by atoms with Crippen molar-refractivity contribution in [3.8, 4) is 0 Å². The van der Waals surface area contributed by atoms with Crippen molar-refractivity contribution in [2.75, 3.05) is 19.9 Å². The van der Waals surface area contributed by atoms with Gasteiger partial charge in [-0.3, -0.25) is 19.5 Å². The van der Waals surface area contributed by atoms with E-state index in [1.165, 1.54) is 0 Å². The summed E-state index contributed by atoms with van der Waals surface area (Å²) >= 11 is 0. The molecule has 0 aliphatic rings. The van der Waals surface area contributed by atoms with Crippen LogP contribution in [0.5, 0.6) is 0 Å². The fourth-order valence-electron chi connectivity index (χ4n) is 1.60. The molecule has 0 aromatic heterocycles. The molecule has 0 fully saturated rings. The molecule has 128 valence electrons. The molecule has 4 N–H and O–H groups in total. The lowest BCUT2D eigenvalue weighted by Gasteiger charge is -2.23. The summed E-state index contributed by atoms with van der Waals surface area (Å²) in [6.45, 7) is 3.41. The van der Waals surface area contributed by atoms with Crippen molar-refractivity contribution in [1.29, 1.82) is 0 Å². The molecule has 0 spiro atoms. The number of carbonyl (C=O) groups is 2. The first-order valence-corrected chi connectivity index (χ1v) is 8.80. The molecular formula is C11H22N3O7P. The predicted octanol–water partition coefficient (Wildman–Crippen LogP) is 0.00900. The van der Waals surface area contributed by atoms with Crippen LogP contribution in [0.25, 0.3) is 0 Å². The highest BCUT2D eigenvalue weighted by Gasteiger charge is 2.35. The third kappa shape index (κ3) is 6.18. The van der Waals surface area contributed by atoms with Crippen LogP contribution in [-0.4, -0.2) is 57.7 Å². The highest BCUT2D eigenvalue weighted by molar-refractivity contribution is 7.57. The lowest BCUT2D eigenvalue weighted by molar-refractivity contribution is -0.154. The van der Waals surface area contributed by atoms with Crippen LogP contribution in [-0.2, 0) is 14.2 Å². The second kappa shape index (κ2) is 8.94. The number of hydrogen-bond donors (Lipinski definition) is 4. The fraction of sp³-hybridized carbons (Fsp3) is 0.818. The van der Waals surface area contributed by atoms with E-state index in [0.29, 0.717) is 11.4 Å². The minimum atomic E-state index is -3.72. The molecule has 0 radical (unpaired) electrons. The molecule has 0 aliphatic heterocycles. The van der Waals surface area contributed by atoms with Crippen LogP contribution >= 0.6 is 7.37 Å². The maximum absolute atomic E-state index is 12.0. The summed E-state index contributed by atoms with van der Waals surface area (Å²) in [5.41, 5.74) is 0. The molecule has 22 heavy (non-hydrogen) atoms. The van der Waals surface area contributed by atoms with Crippen molar-refractivity contribution in [3.05, 3.63) is 4.91 Å². The van der Waals surface area contributed by atoms with E-state index in [4.69, 9.17) is 10.00 Å². The van der Waals surface area contributed by atoms with Gasteiger partial charge in [-0.15, -0.1) is 4.91 Å². The third-order valence-corrected chi connectivity index (χ3v) is 4.53. The number of aliphatic carboxylic acids is 1. The van der Waals surface area contributed by atoms with Gasteiger partial charge in [-0.2, -0.15) is 5.01 Å². The molecule has 0 rings (SSSR count). The van der Waals surface area contributed by atoms with Gasteiger partial charge in [-0.25, -0.2) is 0 Å². The lowest BCUT2D eigenvalue weighted by Crippen LogP contribution is -2.44. The molecule has 0 saturated carbocycles. The van der Waals surface area contributed by atoms with Gasteiger partial charge in [-0.05, 0) is 5.92 Å². The van der Waals surface area contributed by atoms with Crippen LogP contribution in [0, 0.1) is 16.7 Å². The monoisotopic (exact) mass is 339 g/mol. The van der Waals surface area contributed by atoms with Gasteiger partial charge >= 0.3 is 5.97 Å². The maximum Gasteiger partial charge on any atom is 0.316 e. The quantitative estimate of drug-likeness (QED) is 0.142. The number of nitrogens with zero attached hydrogens (tertiary/aromatic N) is 2. The molecule has 0 heterocycles. The van der Waals surface area contributed by atoms with Crippen molar-refractivity contribution < 1.29 is 29.3 Å². The number of hydrogen-bond acceptors (Lipinski definition) is 7. The Morgan fingerprint density at radius 1 is 1.41 bits per heavy atom. The van der Waals surface area contributed by atoms with Crippen molar-refractivity contribution in [3.63, 3.8) is 0 Å². The molecule has 4 atom stereocenters. The zero-order valence-electron chi connectivity index (χ0n) is 12.7. The summed E-state index contributed by atoms with van der Waals surface area (Å²) < 4.78 is 11.1. The van der Waals surface area contributed by atoms with Crippen LogP contribution in [0.2, 0.25) is 0 Å². The molecule has 1 amide bonds. The van der Waals surface area contributed by atoms with Gasteiger partial charge < -0.3 is 15.1 Å². The minimum absolute atomic E-state index is 0.357. The normalized spacial score (nSPS) is 17.9. The van der Waals surface area contributed by atoms with Crippen molar-refractivity contribution >= 4 is 19.2 Å². The number of carboxylic acids is 1. The summed E-state index contributed by atoms with van der Waals surface area (Å²) in [6.07, 6.45) is 0.422. The second-order valence-electron chi connectivity index (χ2n) is 5.06. The number of rotatable bonds is 10. The van der Waals surface area contributed by atoms with E-state index in [1.54, 1.807) is 13.8 Å². The Bertz CT molecular complexity index is 453. The zero-order valence-corrected chi connectivity index (χ0v) is 13.6. The molecule has 4 unspecified atom stereocenters. The summed E-state index contributed by atoms with van der Waals surface area (Å²) in [7, 11) is -3.72. The summed E-state index contributed by atoms with van der Waals surface area (Å²) in [6, 6.07) is 0. The number of aliphatic hydroxyl groups excluding tert-OH is 1. The molecular weight excluding hydrogens is 317 g/mol. The number of carbonyl (C=O) groups excluding carboxylic acids is 1. The molecule has 10 nitrogen and oxygen atoms in total. The molecule has 0 aromatic carbocycles. The number of amides is 1. The SMILES string of the molecule is CCC(C)C(C(=O)O)C(=O)N(CNCC(O)P(C)(=O)O)N=O. The van der Waals surface area contributed by atoms with Crippen LogP contribution < -0.4 is 5.32 Å². The van der Waals surface area contributed by atoms with Crippen molar-refractivity contribution in [2.24, 2.45) is 17.1 Å². The minimum Gasteiger partial charge on any atom is -0.481 e. The Labute approximate surface area is 127 Å². The zero-order chi connectivity index (χ0) is 17.5. The fourth-order valence-corrected chi connectivity index (χ4v) is 2.07. The van der Waals surface area contributed by atoms with Crippen LogP contribution in [0.15, 0.2) is 5.29 Å². The largest absolute Gasteiger partial charge is 0.481 e. The Morgan fingerprint density at radius 2 is 1.95 bits per heavy atom. The van der Waals surface area contributed by atoms with E-state index in [9.17, 15) is 24.2 Å². The summed E-state index contributed by atoms with van der Waals surface area (Å²) in [4.78, 5) is 43.0. The van der Waals surface area contributed by atoms with Gasteiger partial charge in [-0.1, -0.05) is 20.3 Å². The van der Waals surface area contributed by atoms with Gasteiger partial charge in [0.1, 0.15) is 11.8 Å². The van der Waals surface area contributed by atoms with Gasteiger partial charge in [0.15, 0.2) is 0 Å². The molecule has 0 aromatic rings. The first-order chi connectivity index (χ1) is 10.1. The Morgan fingerprint density at radius 3 is 2.32 bits per heavy atom. The van der Waals surface area contributed by atoms with Crippen LogP contribution in [0.4, 0.5) is 0 Å². The van der Waals surface area contributed by atoms with Gasteiger partial charge in [0, 0.05) is 13.2 Å². The lowest BCUT2D eigenvalue weighted by atomic mass is 9.91. The van der Waals surface area contributed by atoms with E-state index in [1.807, 2.05) is 0 Å². The Balaban J connectivity index is 4.75. The number of nitrogens with one attached hydrogen (secondary N) is 1. The highest BCUT2D eigenvalue weighted by Crippen LogP contribution is 2.39. The second-order valence-corrected chi connectivity index (χ2v) is 7.54. The van der Waals surface area contributed by atoms with Gasteiger partial charge in [0.05, 0.1) is 12.0 Å². The average Bonchev–Trinajstić information content (AvgIpc) is 2.41. The van der Waals surface area contributed by atoms with Gasteiger partial charge in [0.25, 0.3) is 5.91 Å². The predicted molar refractivity (Wildman–Crippen MR) is 77.8 cm³/mol. The Hall–Kier alpha value is -1.35. The Kier molecular flexibility index (Phi) is 8.39. The summed E-state index contributed by atoms with van der Waals surface area (Å²) in [5, 5.41) is 23.7.